The fraction of sp³-hybridized carbons (Fsp3) is 0.105. The van der Waals surface area contributed by atoms with Crippen molar-refractivity contribution in [3.05, 3.63) is 77.1 Å². The van der Waals surface area contributed by atoms with E-state index < -0.39 is 0 Å². The van der Waals surface area contributed by atoms with Crippen LogP contribution in [0.3, 0.4) is 0 Å². The smallest absolute Gasteiger partial charge is 0.150 e. The van der Waals surface area contributed by atoms with Gasteiger partial charge in [-0.15, -0.1) is 0 Å². The van der Waals surface area contributed by atoms with Crippen LogP contribution in [-0.4, -0.2) is 15.7 Å². The summed E-state index contributed by atoms with van der Waals surface area (Å²) in [6.45, 7) is 3.80. The van der Waals surface area contributed by atoms with Gasteiger partial charge in [0.25, 0.3) is 0 Å². The third-order valence-corrected chi connectivity index (χ3v) is 3.76. The maximum absolute atomic E-state index is 5.91. The van der Waals surface area contributed by atoms with Crippen LogP contribution in [0.1, 0.15) is 18.3 Å². The lowest BCUT2D eigenvalue weighted by molar-refractivity contribution is 1.05. The maximum atomic E-state index is 5.91. The SMILES string of the molecule is C/C(=N/Nc1cc(-c2ccccc2)nc(C)n1)c1ccc(Cl)cc1. The zero-order valence-electron chi connectivity index (χ0n) is 13.5. The third-order valence-electron chi connectivity index (χ3n) is 3.51. The predicted octanol–water partition coefficient (Wildman–Crippen LogP) is 4.94. The van der Waals surface area contributed by atoms with Crippen LogP contribution in [0, 0.1) is 6.92 Å². The number of hydrogen-bond acceptors (Lipinski definition) is 4. The second-order valence-electron chi connectivity index (χ2n) is 5.37. The van der Waals surface area contributed by atoms with E-state index in [1.165, 1.54) is 0 Å². The molecule has 0 aliphatic rings. The van der Waals surface area contributed by atoms with E-state index in [0.29, 0.717) is 16.7 Å². The molecule has 0 radical (unpaired) electrons. The van der Waals surface area contributed by atoms with Gasteiger partial charge in [0, 0.05) is 16.7 Å². The second-order valence-corrected chi connectivity index (χ2v) is 5.80. The van der Waals surface area contributed by atoms with E-state index in [1.807, 2.05) is 74.5 Å². The van der Waals surface area contributed by atoms with Crippen molar-refractivity contribution in [1.82, 2.24) is 9.97 Å². The highest BCUT2D eigenvalue weighted by atomic mass is 35.5. The quantitative estimate of drug-likeness (QED) is 0.542. The maximum Gasteiger partial charge on any atom is 0.150 e. The summed E-state index contributed by atoms with van der Waals surface area (Å²) in [7, 11) is 0. The van der Waals surface area contributed by atoms with E-state index in [2.05, 4.69) is 20.5 Å². The van der Waals surface area contributed by atoms with Gasteiger partial charge in [-0.1, -0.05) is 54.1 Å². The second kappa shape index (κ2) is 7.23. The first-order chi connectivity index (χ1) is 11.6. The topological polar surface area (TPSA) is 50.2 Å². The van der Waals surface area contributed by atoms with Crippen molar-refractivity contribution >= 4 is 23.1 Å². The molecular formula is C19H17ClN4. The molecule has 0 amide bonds. The Balaban J connectivity index is 1.84. The molecule has 0 saturated carbocycles. The van der Waals surface area contributed by atoms with Gasteiger partial charge in [0.15, 0.2) is 0 Å². The van der Waals surface area contributed by atoms with E-state index in [0.717, 1.165) is 22.5 Å². The Bertz CT molecular complexity index is 858. The predicted molar refractivity (Wildman–Crippen MR) is 99.5 cm³/mol. The highest BCUT2D eigenvalue weighted by Gasteiger charge is 2.04. The van der Waals surface area contributed by atoms with Gasteiger partial charge in [-0.25, -0.2) is 9.97 Å². The summed E-state index contributed by atoms with van der Waals surface area (Å²) in [5.41, 5.74) is 6.78. The first-order valence-electron chi connectivity index (χ1n) is 7.59. The van der Waals surface area contributed by atoms with Crippen LogP contribution < -0.4 is 5.43 Å². The van der Waals surface area contributed by atoms with Crippen LogP contribution in [-0.2, 0) is 0 Å². The molecule has 0 atom stereocenters. The summed E-state index contributed by atoms with van der Waals surface area (Å²) in [6, 6.07) is 19.5. The van der Waals surface area contributed by atoms with Crippen LogP contribution in [0.5, 0.6) is 0 Å². The minimum Gasteiger partial charge on any atom is -0.261 e. The molecule has 0 aliphatic heterocycles. The van der Waals surface area contributed by atoms with Gasteiger partial charge in [-0.3, -0.25) is 5.43 Å². The van der Waals surface area contributed by atoms with Crippen LogP contribution in [0.25, 0.3) is 11.3 Å². The molecule has 3 rings (SSSR count). The number of rotatable bonds is 4. The van der Waals surface area contributed by atoms with E-state index in [1.54, 1.807) is 0 Å². The molecule has 0 bridgehead atoms. The van der Waals surface area contributed by atoms with Gasteiger partial charge in [0.2, 0.25) is 0 Å². The van der Waals surface area contributed by atoms with Crippen LogP contribution in [0.4, 0.5) is 5.82 Å². The van der Waals surface area contributed by atoms with Gasteiger partial charge in [-0.2, -0.15) is 5.10 Å². The molecule has 1 N–H and O–H groups in total. The summed E-state index contributed by atoms with van der Waals surface area (Å²) in [4.78, 5) is 8.87. The normalized spacial score (nSPS) is 11.4. The molecule has 0 saturated heterocycles. The molecule has 0 spiro atoms. The van der Waals surface area contributed by atoms with Crippen molar-refractivity contribution in [2.45, 2.75) is 13.8 Å². The van der Waals surface area contributed by atoms with Gasteiger partial charge in [-0.05, 0) is 31.5 Å². The third kappa shape index (κ3) is 3.97. The minimum absolute atomic E-state index is 0.662. The molecule has 5 heteroatoms. The van der Waals surface area contributed by atoms with Gasteiger partial charge < -0.3 is 0 Å². The number of hydrazone groups is 1. The Morgan fingerprint density at radius 2 is 1.71 bits per heavy atom. The lowest BCUT2D eigenvalue weighted by Gasteiger charge is -2.07. The number of benzene rings is 2. The van der Waals surface area contributed by atoms with Gasteiger partial charge >= 0.3 is 0 Å². The number of nitrogens with one attached hydrogen (secondary N) is 1. The van der Waals surface area contributed by atoms with E-state index >= 15 is 0 Å². The van der Waals surface area contributed by atoms with Crippen molar-refractivity contribution in [2.75, 3.05) is 5.43 Å². The number of aromatic nitrogens is 2. The van der Waals surface area contributed by atoms with E-state index in [-0.39, 0.29) is 0 Å². The number of halogens is 1. The van der Waals surface area contributed by atoms with Gasteiger partial charge in [0.1, 0.15) is 11.6 Å². The standard InChI is InChI=1S/C19H17ClN4/c1-13(15-8-10-17(20)11-9-15)23-24-19-12-18(21-14(2)22-19)16-6-4-3-5-7-16/h3-12H,1-2H3,(H,21,22,24)/b23-13-. The van der Waals surface area contributed by atoms with Crippen molar-refractivity contribution in [3.8, 4) is 11.3 Å². The summed E-state index contributed by atoms with van der Waals surface area (Å²) < 4.78 is 0. The number of anilines is 1. The highest BCUT2D eigenvalue weighted by Crippen LogP contribution is 2.19. The number of nitrogens with zero attached hydrogens (tertiary/aromatic N) is 3. The van der Waals surface area contributed by atoms with E-state index in [4.69, 9.17) is 11.6 Å². The molecule has 1 heterocycles. The number of aryl methyl sites for hydroxylation is 1. The van der Waals surface area contributed by atoms with Crippen molar-refractivity contribution in [1.29, 1.82) is 0 Å². The molecule has 1 aromatic heterocycles. The van der Waals surface area contributed by atoms with Crippen LogP contribution in [0.2, 0.25) is 5.02 Å². The monoisotopic (exact) mass is 336 g/mol. The average Bonchev–Trinajstić information content (AvgIpc) is 2.60. The Morgan fingerprint density at radius 1 is 1.00 bits per heavy atom. The summed E-state index contributed by atoms with van der Waals surface area (Å²) in [6.07, 6.45) is 0. The minimum atomic E-state index is 0.662. The summed E-state index contributed by atoms with van der Waals surface area (Å²) in [5, 5.41) is 5.11. The van der Waals surface area contributed by atoms with Crippen LogP contribution >= 0.6 is 11.6 Å². The zero-order chi connectivity index (χ0) is 16.9. The Kier molecular flexibility index (Phi) is 4.87. The lowest BCUT2D eigenvalue weighted by atomic mass is 10.1. The largest absolute Gasteiger partial charge is 0.261 e. The fourth-order valence-corrected chi connectivity index (χ4v) is 2.40. The van der Waals surface area contributed by atoms with Crippen molar-refractivity contribution < 1.29 is 0 Å². The first kappa shape index (κ1) is 16.1. The van der Waals surface area contributed by atoms with Crippen molar-refractivity contribution in [2.24, 2.45) is 5.10 Å². The Hall–Kier alpha value is -2.72. The molecule has 24 heavy (non-hydrogen) atoms. The van der Waals surface area contributed by atoms with Crippen molar-refractivity contribution in [3.63, 3.8) is 0 Å². The molecule has 2 aromatic carbocycles. The Morgan fingerprint density at radius 3 is 2.42 bits per heavy atom. The summed E-state index contributed by atoms with van der Waals surface area (Å²) in [5.74, 6) is 1.35. The average molecular weight is 337 g/mol. The molecule has 3 aromatic rings. The zero-order valence-corrected chi connectivity index (χ0v) is 14.2. The molecule has 4 nitrogen and oxygen atoms in total. The van der Waals surface area contributed by atoms with Crippen LogP contribution in [0.15, 0.2) is 65.8 Å². The Labute approximate surface area is 146 Å². The molecular weight excluding hydrogens is 320 g/mol. The molecule has 0 aliphatic carbocycles. The number of hydrogen-bond donors (Lipinski definition) is 1. The highest BCUT2D eigenvalue weighted by molar-refractivity contribution is 6.30. The molecule has 120 valence electrons. The fourth-order valence-electron chi connectivity index (χ4n) is 2.28. The van der Waals surface area contributed by atoms with E-state index in [9.17, 15) is 0 Å². The first-order valence-corrected chi connectivity index (χ1v) is 7.97. The molecule has 0 unspecified atom stereocenters. The lowest BCUT2D eigenvalue weighted by Crippen LogP contribution is -2.02. The summed E-state index contributed by atoms with van der Waals surface area (Å²) >= 11 is 5.91. The molecule has 0 fully saturated rings. The van der Waals surface area contributed by atoms with Gasteiger partial charge in [0.05, 0.1) is 11.4 Å².